The third-order valence-corrected chi connectivity index (χ3v) is 6.09. The number of phenols is 1. The highest BCUT2D eigenvalue weighted by Crippen LogP contribution is 2.44. The Morgan fingerprint density at radius 2 is 1.68 bits per heavy atom. The molecule has 170 valence electrons. The van der Waals surface area contributed by atoms with E-state index in [0.29, 0.717) is 0 Å². The monoisotopic (exact) mass is 496 g/mol. The molecule has 0 atom stereocenters. The van der Waals surface area contributed by atoms with Crippen LogP contribution in [0.4, 0.5) is 11.4 Å². The molecule has 3 aromatic rings. The lowest BCUT2D eigenvalue weighted by atomic mass is 9.82. The van der Waals surface area contributed by atoms with Gasteiger partial charge in [-0.3, -0.25) is 19.0 Å². The van der Waals surface area contributed by atoms with Gasteiger partial charge in [0, 0.05) is 17.7 Å². The summed E-state index contributed by atoms with van der Waals surface area (Å²) in [6, 6.07) is 7.10. The largest absolute Gasteiger partial charge is 0.507 e. The van der Waals surface area contributed by atoms with E-state index in [1.807, 2.05) is 0 Å². The molecule has 1 aliphatic rings. The van der Waals surface area contributed by atoms with Crippen LogP contribution in [0.1, 0.15) is 49.9 Å². The van der Waals surface area contributed by atoms with Crippen LogP contribution in [-0.2, 0) is 6.54 Å². The van der Waals surface area contributed by atoms with Crippen molar-refractivity contribution in [1.82, 2.24) is 4.57 Å². The molecular weight excluding hydrogens is 483 g/mol. The van der Waals surface area contributed by atoms with E-state index in [1.54, 1.807) is 13.0 Å². The van der Waals surface area contributed by atoms with Gasteiger partial charge in [0.25, 0.3) is 5.56 Å². The fourth-order valence-electron chi connectivity index (χ4n) is 3.83. The van der Waals surface area contributed by atoms with Gasteiger partial charge >= 0.3 is 0 Å². The SMILES string of the molecule is CCn1c(O)c(/N=N/c2c(Cl)cc(Cl)c3c2C(=O)c2c(O)cccc2C3=O)c(C)c(C#N)c1=O. The van der Waals surface area contributed by atoms with Crippen molar-refractivity contribution >= 4 is 46.1 Å². The van der Waals surface area contributed by atoms with Crippen LogP contribution in [0.3, 0.4) is 0 Å². The standard InChI is InChI=1S/C23H14Cl2N4O5/c1-3-29-22(33)11(8-26)9(2)18(23(29)34)27-28-19-13(25)7-12(24)16-17(19)21(32)15-10(20(16)31)5-4-6-14(15)30/h4-7,30,34H,3H2,1-2H3/b28-27+. The molecule has 2 N–H and O–H groups in total. The van der Waals surface area contributed by atoms with Gasteiger partial charge in [0.15, 0.2) is 11.5 Å². The number of nitriles is 1. The highest BCUT2D eigenvalue weighted by atomic mass is 35.5. The number of carbonyl (C=O) groups is 2. The number of phenolic OH excluding ortho intramolecular Hbond substituents is 1. The Morgan fingerprint density at radius 3 is 2.32 bits per heavy atom. The summed E-state index contributed by atoms with van der Waals surface area (Å²) in [5.74, 6) is -2.28. The zero-order valence-electron chi connectivity index (χ0n) is 17.7. The topological polar surface area (TPSA) is 145 Å². The van der Waals surface area contributed by atoms with Crippen LogP contribution in [0.2, 0.25) is 10.0 Å². The summed E-state index contributed by atoms with van der Waals surface area (Å²) < 4.78 is 0.946. The predicted octanol–water partition coefficient (Wildman–Crippen LogP) is 4.96. The zero-order chi connectivity index (χ0) is 24.9. The van der Waals surface area contributed by atoms with Gasteiger partial charge in [0.1, 0.15) is 23.1 Å². The molecule has 2 aromatic carbocycles. The van der Waals surface area contributed by atoms with E-state index < -0.39 is 28.8 Å². The van der Waals surface area contributed by atoms with Gasteiger partial charge in [-0.2, -0.15) is 5.26 Å². The van der Waals surface area contributed by atoms with Crippen LogP contribution in [0.15, 0.2) is 39.3 Å². The van der Waals surface area contributed by atoms with E-state index in [4.69, 9.17) is 23.2 Å². The number of nitrogens with zero attached hydrogens (tertiary/aromatic N) is 4. The number of aromatic hydroxyl groups is 2. The Labute approximate surface area is 202 Å². The maximum Gasteiger partial charge on any atom is 0.271 e. The van der Waals surface area contributed by atoms with Crippen LogP contribution >= 0.6 is 23.2 Å². The molecule has 1 aliphatic carbocycles. The number of halogens is 2. The van der Waals surface area contributed by atoms with E-state index in [9.17, 15) is 29.9 Å². The Hall–Kier alpha value is -4.00. The summed E-state index contributed by atoms with van der Waals surface area (Å²) in [6.45, 7) is 3.07. The summed E-state index contributed by atoms with van der Waals surface area (Å²) in [5, 5.41) is 38.0. The number of fused-ring (bicyclic) bond motifs is 2. The van der Waals surface area contributed by atoms with Gasteiger partial charge in [-0.1, -0.05) is 35.3 Å². The smallest absolute Gasteiger partial charge is 0.271 e. The highest BCUT2D eigenvalue weighted by Gasteiger charge is 2.37. The zero-order valence-corrected chi connectivity index (χ0v) is 19.2. The summed E-state index contributed by atoms with van der Waals surface area (Å²) in [7, 11) is 0. The normalized spacial score (nSPS) is 12.6. The van der Waals surface area contributed by atoms with Crippen molar-refractivity contribution in [3.8, 4) is 17.7 Å². The lowest BCUT2D eigenvalue weighted by molar-refractivity contribution is 0.0977. The molecular formula is C23H14Cl2N4O5. The van der Waals surface area contributed by atoms with Gasteiger partial charge in [-0.05, 0) is 26.0 Å². The molecule has 1 aromatic heterocycles. The first-order chi connectivity index (χ1) is 16.1. The van der Waals surface area contributed by atoms with Crippen molar-refractivity contribution in [2.75, 3.05) is 0 Å². The lowest BCUT2D eigenvalue weighted by Gasteiger charge is -2.21. The molecule has 0 unspecified atom stereocenters. The van der Waals surface area contributed by atoms with Crippen LogP contribution in [0.25, 0.3) is 0 Å². The molecule has 9 nitrogen and oxygen atoms in total. The summed E-state index contributed by atoms with van der Waals surface area (Å²) in [5.41, 5.74) is -1.91. The molecule has 0 spiro atoms. The fourth-order valence-corrected chi connectivity index (χ4v) is 4.41. The predicted molar refractivity (Wildman–Crippen MR) is 123 cm³/mol. The molecule has 11 heteroatoms. The molecule has 0 bridgehead atoms. The summed E-state index contributed by atoms with van der Waals surface area (Å²) in [4.78, 5) is 38.8. The minimum absolute atomic E-state index is 0.0215. The summed E-state index contributed by atoms with van der Waals surface area (Å²) in [6.07, 6.45) is 0. The van der Waals surface area contributed by atoms with Gasteiger partial charge in [0.05, 0.1) is 26.7 Å². The number of carbonyl (C=O) groups excluding carboxylic acids is 2. The second-order valence-electron chi connectivity index (χ2n) is 7.33. The van der Waals surface area contributed by atoms with Crippen molar-refractivity contribution in [1.29, 1.82) is 5.26 Å². The van der Waals surface area contributed by atoms with Crippen molar-refractivity contribution < 1.29 is 19.8 Å². The van der Waals surface area contributed by atoms with E-state index in [0.717, 1.165) is 4.57 Å². The maximum atomic E-state index is 13.3. The lowest BCUT2D eigenvalue weighted by Crippen LogP contribution is -2.23. The van der Waals surface area contributed by atoms with E-state index in [1.165, 1.54) is 31.2 Å². The molecule has 0 saturated heterocycles. The Kier molecular flexibility index (Phi) is 5.73. The average molecular weight is 497 g/mol. The van der Waals surface area contributed by atoms with E-state index >= 15 is 0 Å². The summed E-state index contributed by atoms with van der Waals surface area (Å²) >= 11 is 12.5. The number of ketones is 2. The van der Waals surface area contributed by atoms with E-state index in [-0.39, 0.29) is 61.3 Å². The van der Waals surface area contributed by atoms with Crippen LogP contribution in [0.5, 0.6) is 11.6 Å². The van der Waals surface area contributed by atoms with Gasteiger partial charge in [-0.25, -0.2) is 0 Å². The molecule has 1 heterocycles. The van der Waals surface area contributed by atoms with Crippen LogP contribution < -0.4 is 5.56 Å². The number of azo groups is 1. The van der Waals surface area contributed by atoms with E-state index in [2.05, 4.69) is 10.2 Å². The number of hydrogen-bond acceptors (Lipinski definition) is 8. The van der Waals surface area contributed by atoms with Crippen molar-refractivity contribution in [2.24, 2.45) is 10.2 Å². The number of benzene rings is 2. The first kappa shape index (κ1) is 23.2. The molecule has 0 fully saturated rings. The maximum absolute atomic E-state index is 13.3. The van der Waals surface area contributed by atoms with Gasteiger partial charge < -0.3 is 10.2 Å². The quantitative estimate of drug-likeness (QED) is 0.383. The third-order valence-electron chi connectivity index (χ3n) is 5.51. The fraction of sp³-hybridized carbons (Fsp3) is 0.130. The minimum atomic E-state index is -0.738. The van der Waals surface area contributed by atoms with Crippen molar-refractivity contribution in [2.45, 2.75) is 20.4 Å². The Morgan fingerprint density at radius 1 is 1.00 bits per heavy atom. The first-order valence-electron chi connectivity index (χ1n) is 9.85. The van der Waals surface area contributed by atoms with Crippen molar-refractivity contribution in [3.05, 3.63) is 78.0 Å². The molecule has 34 heavy (non-hydrogen) atoms. The molecule has 0 aliphatic heterocycles. The third kappa shape index (κ3) is 3.27. The second kappa shape index (κ2) is 8.41. The minimum Gasteiger partial charge on any atom is -0.507 e. The average Bonchev–Trinajstić information content (AvgIpc) is 2.78. The second-order valence-corrected chi connectivity index (χ2v) is 8.14. The van der Waals surface area contributed by atoms with Crippen molar-refractivity contribution in [3.63, 3.8) is 0 Å². The highest BCUT2D eigenvalue weighted by molar-refractivity contribution is 6.43. The van der Waals surface area contributed by atoms with Gasteiger partial charge in [0.2, 0.25) is 11.7 Å². The number of hydrogen-bond donors (Lipinski definition) is 2. The molecule has 0 amide bonds. The number of aromatic nitrogens is 1. The Bertz CT molecular complexity index is 1570. The van der Waals surface area contributed by atoms with Crippen LogP contribution in [0, 0.1) is 18.3 Å². The number of rotatable bonds is 3. The molecule has 0 saturated carbocycles. The number of pyridine rings is 1. The van der Waals surface area contributed by atoms with Crippen LogP contribution in [-0.4, -0.2) is 26.3 Å². The Balaban J connectivity index is 1.99. The van der Waals surface area contributed by atoms with Gasteiger partial charge in [-0.15, -0.1) is 10.2 Å². The first-order valence-corrected chi connectivity index (χ1v) is 10.6. The molecule has 0 radical (unpaired) electrons. The molecule has 4 rings (SSSR count).